The first-order valence-electron chi connectivity index (χ1n) is 7.29. The molecule has 0 unspecified atom stereocenters. The molecule has 2 N–H and O–H groups in total. The molecule has 0 saturated heterocycles. The first-order valence-corrected chi connectivity index (χ1v) is 7.29. The minimum absolute atomic E-state index is 0.283. The number of hydrogen-bond donors (Lipinski definition) is 2. The summed E-state index contributed by atoms with van der Waals surface area (Å²) in [6, 6.07) is 11.7. The third kappa shape index (κ3) is 3.98. The van der Waals surface area contributed by atoms with Gasteiger partial charge in [0.2, 0.25) is 0 Å². The van der Waals surface area contributed by atoms with Crippen LogP contribution in [0.2, 0.25) is 0 Å². The van der Waals surface area contributed by atoms with Gasteiger partial charge in [-0.05, 0) is 43.2 Å². The lowest BCUT2D eigenvalue weighted by Gasteiger charge is -2.11. The van der Waals surface area contributed by atoms with E-state index in [1.54, 1.807) is 18.2 Å². The van der Waals surface area contributed by atoms with E-state index in [1.165, 1.54) is 13.2 Å². The van der Waals surface area contributed by atoms with Crippen LogP contribution in [0.1, 0.15) is 21.5 Å². The Morgan fingerprint density at radius 2 is 1.46 bits per heavy atom. The Balaban J connectivity index is 2.10. The predicted molar refractivity (Wildman–Crippen MR) is 91.0 cm³/mol. The van der Waals surface area contributed by atoms with Crippen molar-refractivity contribution in [2.75, 3.05) is 17.7 Å². The van der Waals surface area contributed by atoms with Crippen molar-refractivity contribution < 1.29 is 19.1 Å². The zero-order valence-electron chi connectivity index (χ0n) is 13.7. The fourth-order valence-electron chi connectivity index (χ4n) is 2.21. The maximum atomic E-state index is 12.1. The molecule has 2 aromatic rings. The van der Waals surface area contributed by atoms with Crippen LogP contribution in [0, 0.1) is 13.8 Å². The van der Waals surface area contributed by atoms with Gasteiger partial charge in [-0.3, -0.25) is 9.59 Å². The Hall–Kier alpha value is -3.15. The highest BCUT2D eigenvalue weighted by molar-refractivity contribution is 6.43. The average Bonchev–Trinajstić information content (AvgIpc) is 2.57. The Kier molecular flexibility index (Phi) is 5.31. The maximum Gasteiger partial charge on any atom is 0.337 e. The molecule has 2 rings (SSSR count). The molecule has 0 bridgehead atoms. The summed E-state index contributed by atoms with van der Waals surface area (Å²) in [5, 5.41) is 5.07. The number of methoxy groups -OCH3 is 1. The van der Waals surface area contributed by atoms with E-state index >= 15 is 0 Å². The first kappa shape index (κ1) is 17.2. The van der Waals surface area contributed by atoms with Crippen molar-refractivity contribution in [1.82, 2.24) is 0 Å². The number of para-hydroxylation sites is 1. The summed E-state index contributed by atoms with van der Waals surface area (Å²) in [5.74, 6) is -2.12. The Labute approximate surface area is 139 Å². The Bertz CT molecular complexity index is 779. The van der Waals surface area contributed by atoms with Gasteiger partial charge in [0.05, 0.1) is 12.7 Å². The summed E-state index contributed by atoms with van der Waals surface area (Å²) in [6.45, 7) is 3.70. The predicted octanol–water partition coefficient (Wildman–Crippen LogP) is 2.67. The number of ether oxygens (including phenoxy) is 1. The summed E-state index contributed by atoms with van der Waals surface area (Å²) in [7, 11) is 1.27. The lowest BCUT2D eigenvalue weighted by atomic mass is 10.1. The zero-order chi connectivity index (χ0) is 17.7. The van der Waals surface area contributed by atoms with E-state index in [0.717, 1.165) is 11.1 Å². The Morgan fingerprint density at radius 1 is 0.875 bits per heavy atom. The number of benzene rings is 2. The van der Waals surface area contributed by atoms with Gasteiger partial charge in [0.1, 0.15) is 0 Å². The van der Waals surface area contributed by atoms with E-state index in [0.29, 0.717) is 11.4 Å². The minimum Gasteiger partial charge on any atom is -0.465 e. The smallest absolute Gasteiger partial charge is 0.337 e. The van der Waals surface area contributed by atoms with Crippen molar-refractivity contribution in [2.45, 2.75) is 13.8 Å². The van der Waals surface area contributed by atoms with Crippen molar-refractivity contribution in [3.8, 4) is 0 Å². The monoisotopic (exact) mass is 326 g/mol. The van der Waals surface area contributed by atoms with E-state index in [2.05, 4.69) is 15.4 Å². The van der Waals surface area contributed by atoms with Crippen LogP contribution < -0.4 is 10.6 Å². The number of carbonyl (C=O) groups is 3. The fourth-order valence-corrected chi connectivity index (χ4v) is 2.21. The Morgan fingerprint density at radius 3 is 2.08 bits per heavy atom. The van der Waals surface area contributed by atoms with Crippen LogP contribution in [0.25, 0.3) is 0 Å². The van der Waals surface area contributed by atoms with Gasteiger partial charge in [-0.1, -0.05) is 24.3 Å². The zero-order valence-corrected chi connectivity index (χ0v) is 13.7. The summed E-state index contributed by atoms with van der Waals surface area (Å²) in [6.07, 6.45) is 0. The van der Waals surface area contributed by atoms with Gasteiger partial charge in [0, 0.05) is 11.4 Å². The van der Waals surface area contributed by atoms with E-state index in [4.69, 9.17) is 0 Å². The quantitative estimate of drug-likeness (QED) is 0.671. The van der Waals surface area contributed by atoms with E-state index in [9.17, 15) is 14.4 Å². The first-order chi connectivity index (χ1) is 11.4. The van der Waals surface area contributed by atoms with Gasteiger partial charge in [0.15, 0.2) is 0 Å². The van der Waals surface area contributed by atoms with Crippen LogP contribution in [-0.4, -0.2) is 24.9 Å². The van der Waals surface area contributed by atoms with Crippen LogP contribution in [0.15, 0.2) is 42.5 Å². The van der Waals surface area contributed by atoms with Gasteiger partial charge in [-0.2, -0.15) is 0 Å². The standard InChI is InChI=1S/C18H18N2O4/c1-11-6-4-7-12(2)15(11)20-17(22)16(21)19-14-9-5-8-13(10-14)18(23)24-3/h4-10H,1-3H3,(H,19,21)(H,20,22). The number of hydrogen-bond acceptors (Lipinski definition) is 4. The molecule has 6 heteroatoms. The molecule has 0 fully saturated rings. The molecule has 0 aliphatic heterocycles. The summed E-state index contributed by atoms with van der Waals surface area (Å²) < 4.78 is 4.62. The van der Waals surface area contributed by atoms with Crippen molar-refractivity contribution in [3.05, 3.63) is 59.2 Å². The minimum atomic E-state index is -0.820. The highest BCUT2D eigenvalue weighted by Crippen LogP contribution is 2.19. The molecule has 24 heavy (non-hydrogen) atoms. The lowest BCUT2D eigenvalue weighted by Crippen LogP contribution is -2.29. The molecular formula is C18H18N2O4. The third-order valence-electron chi connectivity index (χ3n) is 3.47. The number of aryl methyl sites for hydroxylation is 2. The number of rotatable bonds is 3. The van der Waals surface area contributed by atoms with Gasteiger partial charge >= 0.3 is 17.8 Å². The molecule has 0 spiro atoms. The average molecular weight is 326 g/mol. The number of amides is 2. The van der Waals surface area contributed by atoms with E-state index in [-0.39, 0.29) is 5.56 Å². The fraction of sp³-hybridized carbons (Fsp3) is 0.167. The van der Waals surface area contributed by atoms with Crippen molar-refractivity contribution in [2.24, 2.45) is 0 Å². The highest BCUT2D eigenvalue weighted by atomic mass is 16.5. The van der Waals surface area contributed by atoms with Crippen molar-refractivity contribution in [1.29, 1.82) is 0 Å². The topological polar surface area (TPSA) is 84.5 Å². The lowest BCUT2D eigenvalue weighted by molar-refractivity contribution is -0.133. The number of carbonyl (C=O) groups excluding carboxylic acids is 3. The highest BCUT2D eigenvalue weighted by Gasteiger charge is 2.16. The van der Waals surface area contributed by atoms with Crippen LogP contribution in [0.5, 0.6) is 0 Å². The number of anilines is 2. The summed E-state index contributed by atoms with van der Waals surface area (Å²) >= 11 is 0. The SMILES string of the molecule is COC(=O)c1cccc(NC(=O)C(=O)Nc2c(C)cccc2C)c1. The molecule has 0 aliphatic rings. The number of nitrogens with one attached hydrogen (secondary N) is 2. The van der Waals surface area contributed by atoms with Gasteiger partial charge < -0.3 is 15.4 Å². The van der Waals surface area contributed by atoms with Gasteiger partial charge in [-0.15, -0.1) is 0 Å². The normalized spacial score (nSPS) is 9.96. The molecular weight excluding hydrogens is 308 g/mol. The number of esters is 1. The molecule has 0 aromatic heterocycles. The third-order valence-corrected chi connectivity index (χ3v) is 3.47. The molecule has 124 valence electrons. The molecule has 6 nitrogen and oxygen atoms in total. The van der Waals surface area contributed by atoms with Crippen molar-refractivity contribution in [3.63, 3.8) is 0 Å². The molecule has 0 saturated carbocycles. The summed E-state index contributed by atoms with van der Waals surface area (Å²) in [5.41, 5.74) is 2.96. The van der Waals surface area contributed by atoms with Crippen LogP contribution >= 0.6 is 0 Å². The van der Waals surface area contributed by atoms with Crippen LogP contribution in [0.4, 0.5) is 11.4 Å². The van der Waals surface area contributed by atoms with Gasteiger partial charge in [-0.25, -0.2) is 4.79 Å². The molecule has 2 aromatic carbocycles. The molecule has 2 amide bonds. The van der Waals surface area contributed by atoms with Crippen LogP contribution in [-0.2, 0) is 14.3 Å². The molecule has 0 aliphatic carbocycles. The van der Waals surface area contributed by atoms with E-state index in [1.807, 2.05) is 32.0 Å². The molecule has 0 atom stereocenters. The van der Waals surface area contributed by atoms with E-state index < -0.39 is 17.8 Å². The second-order valence-corrected chi connectivity index (χ2v) is 5.25. The molecule has 0 radical (unpaired) electrons. The van der Waals surface area contributed by atoms with Crippen LogP contribution in [0.3, 0.4) is 0 Å². The second-order valence-electron chi connectivity index (χ2n) is 5.25. The largest absolute Gasteiger partial charge is 0.465 e. The van der Waals surface area contributed by atoms with Crippen molar-refractivity contribution >= 4 is 29.2 Å². The molecule has 0 heterocycles. The summed E-state index contributed by atoms with van der Waals surface area (Å²) in [4.78, 5) is 35.6. The van der Waals surface area contributed by atoms with Gasteiger partial charge in [0.25, 0.3) is 0 Å². The second kappa shape index (κ2) is 7.41. The maximum absolute atomic E-state index is 12.1.